The predicted octanol–water partition coefficient (Wildman–Crippen LogP) is 1.87. The van der Waals surface area contributed by atoms with Crippen LogP contribution < -0.4 is 4.72 Å². The van der Waals surface area contributed by atoms with E-state index in [0.717, 1.165) is 5.56 Å². The molecule has 0 heterocycles. The molecule has 0 unspecified atom stereocenters. The number of nitrogens with one attached hydrogen (secondary N) is 1. The van der Waals surface area contributed by atoms with Crippen LogP contribution in [0.25, 0.3) is 0 Å². The van der Waals surface area contributed by atoms with Gasteiger partial charge in [-0.05, 0) is 57.4 Å². The molecule has 102 valence electrons. The number of sulfonamides is 1. The second kappa shape index (κ2) is 4.99. The van der Waals surface area contributed by atoms with E-state index in [1.54, 1.807) is 39.8 Å². The third-order valence-electron chi connectivity index (χ3n) is 2.53. The van der Waals surface area contributed by atoms with Crippen molar-refractivity contribution in [2.75, 3.05) is 0 Å². The van der Waals surface area contributed by atoms with Crippen molar-refractivity contribution in [2.24, 2.45) is 0 Å². The van der Waals surface area contributed by atoms with E-state index in [0.29, 0.717) is 11.1 Å². The Balaban J connectivity index is 3.33. The van der Waals surface area contributed by atoms with Gasteiger partial charge in [0.1, 0.15) is 0 Å². The highest BCUT2D eigenvalue weighted by atomic mass is 32.2. The van der Waals surface area contributed by atoms with Crippen LogP contribution in [0.3, 0.4) is 0 Å². The lowest BCUT2D eigenvalue weighted by Gasteiger charge is -2.21. The molecule has 1 rings (SSSR count). The molecule has 0 fully saturated rings. The summed E-state index contributed by atoms with van der Waals surface area (Å²) in [5, 5.41) is 9.22. The summed E-state index contributed by atoms with van der Waals surface area (Å²) < 4.78 is 27.1. The zero-order valence-electron chi connectivity index (χ0n) is 11.5. The smallest absolute Gasteiger partial charge is 0.241 e. The first kappa shape index (κ1) is 15.1. The second-order valence-electron chi connectivity index (χ2n) is 5.56. The standard InChI is InChI=1S/C13H21NO3S/c1-9-6-10(2)12(7-11(9)8-15)18(16,17)14-13(3,4)5/h6-7,14-15H,8H2,1-5H3. The van der Waals surface area contributed by atoms with E-state index in [1.165, 1.54) is 0 Å². The van der Waals surface area contributed by atoms with Gasteiger partial charge in [-0.25, -0.2) is 13.1 Å². The lowest BCUT2D eigenvalue weighted by atomic mass is 10.1. The normalized spacial score (nSPS) is 12.8. The Hall–Kier alpha value is -0.910. The van der Waals surface area contributed by atoms with Crippen LogP contribution in [0, 0.1) is 13.8 Å². The van der Waals surface area contributed by atoms with E-state index in [2.05, 4.69) is 4.72 Å². The Morgan fingerprint density at radius 3 is 2.17 bits per heavy atom. The van der Waals surface area contributed by atoms with E-state index < -0.39 is 15.6 Å². The summed E-state index contributed by atoms with van der Waals surface area (Å²) >= 11 is 0. The number of aliphatic hydroxyl groups excluding tert-OH is 1. The molecule has 0 atom stereocenters. The number of hydrogen-bond donors (Lipinski definition) is 2. The molecule has 1 aromatic rings. The van der Waals surface area contributed by atoms with Gasteiger partial charge in [-0.1, -0.05) is 6.07 Å². The Kier molecular flexibility index (Phi) is 4.20. The summed E-state index contributed by atoms with van der Waals surface area (Å²) in [6.07, 6.45) is 0. The van der Waals surface area contributed by atoms with Gasteiger partial charge >= 0.3 is 0 Å². The maximum atomic E-state index is 12.3. The average Bonchev–Trinajstić information content (AvgIpc) is 2.13. The molecule has 0 aliphatic rings. The van der Waals surface area contributed by atoms with Gasteiger partial charge in [-0.15, -0.1) is 0 Å². The van der Waals surface area contributed by atoms with Crippen LogP contribution in [0.2, 0.25) is 0 Å². The van der Waals surface area contributed by atoms with Gasteiger partial charge in [-0.3, -0.25) is 0 Å². The highest BCUT2D eigenvalue weighted by Crippen LogP contribution is 2.21. The number of hydrogen-bond acceptors (Lipinski definition) is 3. The summed E-state index contributed by atoms with van der Waals surface area (Å²) in [7, 11) is -3.56. The van der Waals surface area contributed by atoms with Gasteiger partial charge in [0.25, 0.3) is 0 Å². The van der Waals surface area contributed by atoms with Gasteiger partial charge in [-0.2, -0.15) is 0 Å². The first-order valence-electron chi connectivity index (χ1n) is 5.82. The lowest BCUT2D eigenvalue weighted by Crippen LogP contribution is -2.40. The van der Waals surface area contributed by atoms with Crippen LogP contribution in [-0.4, -0.2) is 19.1 Å². The highest BCUT2D eigenvalue weighted by molar-refractivity contribution is 7.89. The highest BCUT2D eigenvalue weighted by Gasteiger charge is 2.24. The fourth-order valence-electron chi connectivity index (χ4n) is 1.79. The zero-order chi connectivity index (χ0) is 14.1. The van der Waals surface area contributed by atoms with Gasteiger partial charge in [0.05, 0.1) is 11.5 Å². The van der Waals surface area contributed by atoms with Crippen molar-refractivity contribution in [3.63, 3.8) is 0 Å². The first-order chi connectivity index (χ1) is 8.07. The van der Waals surface area contributed by atoms with E-state index in [4.69, 9.17) is 0 Å². The molecule has 0 saturated carbocycles. The number of rotatable bonds is 3. The van der Waals surface area contributed by atoms with Gasteiger partial charge in [0.2, 0.25) is 10.0 Å². The number of benzene rings is 1. The summed E-state index contributed by atoms with van der Waals surface area (Å²) in [5.74, 6) is 0. The number of aliphatic hydroxyl groups is 1. The number of aryl methyl sites for hydroxylation is 2. The van der Waals surface area contributed by atoms with E-state index >= 15 is 0 Å². The lowest BCUT2D eigenvalue weighted by molar-refractivity contribution is 0.280. The van der Waals surface area contributed by atoms with E-state index in [-0.39, 0.29) is 11.5 Å². The summed E-state index contributed by atoms with van der Waals surface area (Å²) in [6.45, 7) is 8.82. The molecular weight excluding hydrogens is 250 g/mol. The van der Waals surface area contributed by atoms with Gasteiger partial charge in [0.15, 0.2) is 0 Å². The molecular formula is C13H21NO3S. The van der Waals surface area contributed by atoms with Crippen LogP contribution in [0.15, 0.2) is 17.0 Å². The maximum absolute atomic E-state index is 12.3. The first-order valence-corrected chi connectivity index (χ1v) is 7.30. The van der Waals surface area contributed by atoms with E-state index in [9.17, 15) is 13.5 Å². The topological polar surface area (TPSA) is 66.4 Å². The third kappa shape index (κ3) is 3.54. The molecule has 0 saturated heterocycles. The Morgan fingerprint density at radius 1 is 1.17 bits per heavy atom. The molecule has 0 bridgehead atoms. The minimum Gasteiger partial charge on any atom is -0.392 e. The van der Waals surface area contributed by atoms with Gasteiger partial charge < -0.3 is 5.11 Å². The molecule has 0 aliphatic heterocycles. The second-order valence-corrected chi connectivity index (χ2v) is 7.21. The molecule has 0 aromatic heterocycles. The molecule has 0 spiro atoms. The van der Waals surface area contributed by atoms with Crippen LogP contribution in [0.4, 0.5) is 0 Å². The molecule has 0 aliphatic carbocycles. The van der Waals surface area contributed by atoms with Crippen molar-refractivity contribution in [1.82, 2.24) is 4.72 Å². The molecule has 18 heavy (non-hydrogen) atoms. The Bertz CT molecular complexity index is 542. The monoisotopic (exact) mass is 271 g/mol. The summed E-state index contributed by atoms with van der Waals surface area (Å²) in [6, 6.07) is 3.32. The SMILES string of the molecule is Cc1cc(C)c(S(=O)(=O)NC(C)(C)C)cc1CO. The van der Waals surface area contributed by atoms with Crippen LogP contribution in [0.5, 0.6) is 0 Å². The molecule has 0 radical (unpaired) electrons. The maximum Gasteiger partial charge on any atom is 0.241 e. The largest absolute Gasteiger partial charge is 0.392 e. The van der Waals surface area contributed by atoms with Crippen LogP contribution in [0.1, 0.15) is 37.5 Å². The summed E-state index contributed by atoms with van der Waals surface area (Å²) in [5.41, 5.74) is 1.68. The van der Waals surface area contributed by atoms with Crippen molar-refractivity contribution in [1.29, 1.82) is 0 Å². The molecule has 2 N–H and O–H groups in total. The minimum atomic E-state index is -3.56. The molecule has 5 heteroatoms. The van der Waals surface area contributed by atoms with Crippen molar-refractivity contribution in [3.8, 4) is 0 Å². The van der Waals surface area contributed by atoms with Crippen LogP contribution in [-0.2, 0) is 16.6 Å². The third-order valence-corrected chi connectivity index (χ3v) is 4.43. The molecule has 4 nitrogen and oxygen atoms in total. The predicted molar refractivity (Wildman–Crippen MR) is 71.9 cm³/mol. The van der Waals surface area contributed by atoms with Crippen molar-refractivity contribution >= 4 is 10.0 Å². The fraction of sp³-hybridized carbons (Fsp3) is 0.538. The quantitative estimate of drug-likeness (QED) is 0.882. The minimum absolute atomic E-state index is 0.163. The van der Waals surface area contributed by atoms with Crippen molar-refractivity contribution < 1.29 is 13.5 Å². The van der Waals surface area contributed by atoms with Crippen LogP contribution >= 0.6 is 0 Å². The van der Waals surface area contributed by atoms with Gasteiger partial charge in [0, 0.05) is 5.54 Å². The zero-order valence-corrected chi connectivity index (χ0v) is 12.4. The Morgan fingerprint density at radius 2 is 1.72 bits per heavy atom. The van der Waals surface area contributed by atoms with Crippen molar-refractivity contribution in [3.05, 3.63) is 28.8 Å². The van der Waals surface area contributed by atoms with Crippen molar-refractivity contribution in [2.45, 2.75) is 51.7 Å². The fourth-order valence-corrected chi connectivity index (χ4v) is 3.49. The Labute approximate surface area is 109 Å². The molecule has 1 aromatic carbocycles. The van der Waals surface area contributed by atoms with E-state index in [1.807, 2.05) is 6.92 Å². The molecule has 0 amide bonds. The average molecular weight is 271 g/mol. The summed E-state index contributed by atoms with van der Waals surface area (Å²) in [4.78, 5) is 0.229.